The van der Waals surface area contributed by atoms with Crippen molar-refractivity contribution in [3.8, 4) is 5.13 Å². The lowest BCUT2D eigenvalue weighted by atomic mass is 10.1. The Balaban J connectivity index is 1.91. The molecule has 0 radical (unpaired) electrons. The highest BCUT2D eigenvalue weighted by Crippen LogP contribution is 2.27. The summed E-state index contributed by atoms with van der Waals surface area (Å²) in [4.78, 5) is 18.8. The van der Waals surface area contributed by atoms with Crippen LogP contribution < -0.4 is 0 Å². The van der Waals surface area contributed by atoms with Gasteiger partial charge in [-0.15, -0.1) is 11.3 Å². The number of aromatic nitrogens is 2. The molecule has 1 aromatic carbocycles. The molecule has 0 spiro atoms. The Kier molecular flexibility index (Phi) is 4.91. The molecule has 136 valence electrons. The number of thiazole rings is 1. The summed E-state index contributed by atoms with van der Waals surface area (Å²) in [5.74, 6) is -2.00. The van der Waals surface area contributed by atoms with Gasteiger partial charge in [0.2, 0.25) is 0 Å². The Morgan fingerprint density at radius 3 is 2.58 bits per heavy atom. The van der Waals surface area contributed by atoms with E-state index in [1.807, 2.05) is 29.9 Å². The van der Waals surface area contributed by atoms with Crippen LogP contribution in [0.25, 0.3) is 5.13 Å². The molecule has 26 heavy (non-hydrogen) atoms. The predicted molar refractivity (Wildman–Crippen MR) is 97.8 cm³/mol. The lowest BCUT2D eigenvalue weighted by Gasteiger charge is -2.25. The summed E-state index contributed by atoms with van der Waals surface area (Å²) in [6.45, 7) is 5.58. The van der Waals surface area contributed by atoms with Crippen molar-refractivity contribution in [1.82, 2.24) is 14.5 Å². The molecule has 0 aliphatic heterocycles. The molecule has 2 heterocycles. The number of hydrogen-bond acceptors (Lipinski definition) is 3. The van der Waals surface area contributed by atoms with E-state index in [1.54, 1.807) is 20.2 Å². The van der Waals surface area contributed by atoms with Crippen molar-refractivity contribution < 1.29 is 13.6 Å². The Morgan fingerprint density at radius 2 is 1.96 bits per heavy atom. The number of aryl methyl sites for hydroxylation is 1. The lowest BCUT2D eigenvalue weighted by Crippen LogP contribution is -2.30. The molecule has 3 aromatic rings. The largest absolute Gasteiger partial charge is 0.335 e. The van der Waals surface area contributed by atoms with Gasteiger partial charge in [0.25, 0.3) is 5.91 Å². The second-order valence-electron chi connectivity index (χ2n) is 6.20. The van der Waals surface area contributed by atoms with E-state index in [0.29, 0.717) is 11.1 Å². The highest BCUT2D eigenvalue weighted by molar-refractivity contribution is 7.12. The molecule has 1 unspecified atom stereocenters. The van der Waals surface area contributed by atoms with Gasteiger partial charge in [0.1, 0.15) is 0 Å². The van der Waals surface area contributed by atoms with Gasteiger partial charge in [0.05, 0.1) is 11.6 Å². The summed E-state index contributed by atoms with van der Waals surface area (Å²) in [6, 6.07) is 5.12. The van der Waals surface area contributed by atoms with Crippen LogP contribution in [0, 0.1) is 25.5 Å². The average Bonchev–Trinajstić information content (AvgIpc) is 3.23. The highest BCUT2D eigenvalue weighted by atomic mass is 32.1. The minimum absolute atomic E-state index is 0.182. The molecule has 7 heteroatoms. The average molecular weight is 375 g/mol. The van der Waals surface area contributed by atoms with Gasteiger partial charge in [-0.1, -0.05) is 6.07 Å². The molecule has 0 saturated heterocycles. The van der Waals surface area contributed by atoms with E-state index in [9.17, 15) is 13.6 Å². The molecule has 0 bridgehead atoms. The van der Waals surface area contributed by atoms with E-state index in [-0.39, 0.29) is 5.91 Å². The number of halogens is 2. The maximum atomic E-state index is 13.5. The zero-order valence-electron chi connectivity index (χ0n) is 15.0. The summed E-state index contributed by atoms with van der Waals surface area (Å²) < 4.78 is 28.6. The van der Waals surface area contributed by atoms with Crippen molar-refractivity contribution >= 4 is 17.2 Å². The van der Waals surface area contributed by atoms with E-state index < -0.39 is 17.7 Å². The second-order valence-corrected chi connectivity index (χ2v) is 7.07. The van der Waals surface area contributed by atoms with Crippen molar-refractivity contribution in [2.24, 2.45) is 0 Å². The maximum absolute atomic E-state index is 13.5. The summed E-state index contributed by atoms with van der Waals surface area (Å²) in [5, 5.41) is 2.68. The number of carbonyl (C=O) groups excluding carboxylic acids is 1. The Labute approximate surface area is 154 Å². The summed E-state index contributed by atoms with van der Waals surface area (Å²) in [6.07, 6.45) is 1.72. The SMILES string of the molecule is Cc1cc(C(=O)N(C)C(C)c2ccc(F)c(F)c2)c(C)n1-c1nccs1. The van der Waals surface area contributed by atoms with Gasteiger partial charge in [-0.25, -0.2) is 13.8 Å². The van der Waals surface area contributed by atoms with Crippen molar-refractivity contribution in [3.63, 3.8) is 0 Å². The van der Waals surface area contributed by atoms with Gasteiger partial charge in [-0.2, -0.15) is 0 Å². The third kappa shape index (κ3) is 3.14. The number of nitrogens with zero attached hydrogens (tertiary/aromatic N) is 3. The highest BCUT2D eigenvalue weighted by Gasteiger charge is 2.24. The zero-order chi connectivity index (χ0) is 19.0. The number of rotatable bonds is 4. The van der Waals surface area contributed by atoms with Crippen LogP contribution in [-0.2, 0) is 0 Å². The first-order valence-electron chi connectivity index (χ1n) is 8.12. The normalized spacial score (nSPS) is 12.2. The monoisotopic (exact) mass is 375 g/mol. The van der Waals surface area contributed by atoms with Gasteiger partial charge in [-0.3, -0.25) is 9.36 Å². The third-order valence-corrected chi connectivity index (χ3v) is 5.36. The second kappa shape index (κ2) is 6.99. The van der Waals surface area contributed by atoms with Gasteiger partial charge in [0.15, 0.2) is 16.8 Å². The van der Waals surface area contributed by atoms with E-state index in [1.165, 1.54) is 22.3 Å². The number of hydrogen-bond donors (Lipinski definition) is 0. The van der Waals surface area contributed by atoms with Crippen molar-refractivity contribution in [2.75, 3.05) is 7.05 Å². The van der Waals surface area contributed by atoms with E-state index in [0.717, 1.165) is 28.7 Å². The van der Waals surface area contributed by atoms with Gasteiger partial charge in [0, 0.05) is 30.0 Å². The topological polar surface area (TPSA) is 38.1 Å². The van der Waals surface area contributed by atoms with E-state index >= 15 is 0 Å². The molecule has 3 rings (SSSR count). The van der Waals surface area contributed by atoms with Crippen LogP contribution in [0.1, 0.15) is 40.3 Å². The lowest BCUT2D eigenvalue weighted by molar-refractivity contribution is 0.0741. The van der Waals surface area contributed by atoms with Gasteiger partial charge < -0.3 is 4.90 Å². The fourth-order valence-electron chi connectivity index (χ4n) is 2.96. The fraction of sp³-hybridized carbons (Fsp3) is 0.263. The summed E-state index contributed by atoms with van der Waals surface area (Å²) in [7, 11) is 1.66. The molecule has 0 aliphatic rings. The molecule has 0 N–H and O–H groups in total. The van der Waals surface area contributed by atoms with Crippen LogP contribution in [0.2, 0.25) is 0 Å². The van der Waals surface area contributed by atoms with E-state index in [2.05, 4.69) is 4.98 Å². The molecule has 4 nitrogen and oxygen atoms in total. The smallest absolute Gasteiger partial charge is 0.255 e. The number of benzene rings is 1. The molecular formula is C19H19F2N3OS. The molecule has 1 amide bonds. The molecule has 0 aliphatic carbocycles. The third-order valence-electron chi connectivity index (χ3n) is 4.60. The minimum atomic E-state index is -0.919. The number of carbonyl (C=O) groups is 1. The summed E-state index contributed by atoms with van der Waals surface area (Å²) >= 11 is 1.49. The van der Waals surface area contributed by atoms with E-state index in [4.69, 9.17) is 0 Å². The van der Waals surface area contributed by atoms with Crippen LogP contribution in [0.3, 0.4) is 0 Å². The van der Waals surface area contributed by atoms with Gasteiger partial charge >= 0.3 is 0 Å². The molecular weight excluding hydrogens is 356 g/mol. The maximum Gasteiger partial charge on any atom is 0.255 e. The molecule has 0 fully saturated rings. The van der Waals surface area contributed by atoms with Crippen LogP contribution in [0.15, 0.2) is 35.8 Å². The van der Waals surface area contributed by atoms with Crippen molar-refractivity contribution in [1.29, 1.82) is 0 Å². The van der Waals surface area contributed by atoms with Crippen LogP contribution in [0.5, 0.6) is 0 Å². The van der Waals surface area contributed by atoms with Crippen LogP contribution >= 0.6 is 11.3 Å². The van der Waals surface area contributed by atoms with Crippen molar-refractivity contribution in [2.45, 2.75) is 26.8 Å². The minimum Gasteiger partial charge on any atom is -0.335 e. The first-order chi connectivity index (χ1) is 12.3. The fourth-order valence-corrected chi connectivity index (χ4v) is 3.71. The Bertz CT molecular complexity index is 950. The quantitative estimate of drug-likeness (QED) is 0.665. The predicted octanol–water partition coefficient (Wildman–Crippen LogP) is 4.66. The number of amides is 1. The van der Waals surface area contributed by atoms with Crippen molar-refractivity contribution in [3.05, 3.63) is 70.0 Å². The first kappa shape index (κ1) is 18.3. The van der Waals surface area contributed by atoms with Crippen LogP contribution in [-0.4, -0.2) is 27.4 Å². The standard InChI is InChI=1S/C19H19F2N3OS/c1-11-9-15(13(3)24(11)19-22-7-8-26-19)18(25)23(4)12(2)14-5-6-16(20)17(21)10-14/h5-10,12H,1-4H3. The van der Waals surface area contributed by atoms with Crippen LogP contribution in [0.4, 0.5) is 8.78 Å². The summed E-state index contributed by atoms with van der Waals surface area (Å²) in [5.41, 5.74) is 2.81. The zero-order valence-corrected chi connectivity index (χ0v) is 15.8. The molecule has 0 saturated carbocycles. The molecule has 2 aromatic heterocycles. The first-order valence-corrected chi connectivity index (χ1v) is 9.00. The molecule has 1 atom stereocenters. The Morgan fingerprint density at radius 1 is 1.23 bits per heavy atom. The van der Waals surface area contributed by atoms with Gasteiger partial charge in [-0.05, 0) is 44.5 Å². The Hall–Kier alpha value is -2.54.